The third kappa shape index (κ3) is 3.01. The normalized spacial score (nSPS) is 11.1. The van der Waals surface area contributed by atoms with Crippen LogP contribution < -0.4 is 10.5 Å². The van der Waals surface area contributed by atoms with Gasteiger partial charge in [0.2, 0.25) is 0 Å². The molecule has 2 aromatic heterocycles. The fraction of sp³-hybridized carbons (Fsp3) is 0.333. The third-order valence-corrected chi connectivity index (χ3v) is 4.97. The molecule has 0 aliphatic rings. The Morgan fingerprint density at radius 2 is 1.96 bits per heavy atom. The highest BCUT2D eigenvalue weighted by Crippen LogP contribution is 2.26. The summed E-state index contributed by atoms with van der Waals surface area (Å²) in [6, 6.07) is 7.88. The smallest absolute Gasteiger partial charge is 0.345 e. The van der Waals surface area contributed by atoms with Crippen molar-refractivity contribution in [2.24, 2.45) is 0 Å². The maximum Gasteiger partial charge on any atom is 0.345 e. The first-order chi connectivity index (χ1) is 11.2. The molecule has 3 aromatic rings. The van der Waals surface area contributed by atoms with Crippen LogP contribution in [0.3, 0.4) is 0 Å². The Morgan fingerprint density at radius 3 is 2.61 bits per heavy atom. The van der Waals surface area contributed by atoms with Crippen molar-refractivity contribution in [1.29, 1.82) is 0 Å². The van der Waals surface area contributed by atoms with Crippen LogP contribution in [-0.4, -0.2) is 18.1 Å². The molecule has 0 radical (unpaired) electrons. The van der Waals surface area contributed by atoms with Gasteiger partial charge in [-0.1, -0.05) is 6.92 Å². The fourth-order valence-electron chi connectivity index (χ4n) is 2.66. The number of nitrogens with zero attached hydrogens (tertiary/aromatic N) is 2. The number of rotatable bonds is 5. The van der Waals surface area contributed by atoms with E-state index in [9.17, 15) is 4.79 Å². The van der Waals surface area contributed by atoms with Gasteiger partial charge in [-0.3, -0.25) is 0 Å². The van der Waals surface area contributed by atoms with E-state index in [1.807, 2.05) is 23.6 Å². The van der Waals surface area contributed by atoms with Crippen LogP contribution in [0.25, 0.3) is 22.2 Å². The Bertz CT molecular complexity index is 878. The molecule has 4 nitrogen and oxygen atoms in total. The maximum atomic E-state index is 12.3. The molecular formula is C18H20N2O2S. The highest BCUT2D eigenvalue weighted by Gasteiger charge is 2.12. The summed E-state index contributed by atoms with van der Waals surface area (Å²) in [5.74, 6) is 0. The minimum absolute atomic E-state index is 0.331. The van der Waals surface area contributed by atoms with Gasteiger partial charge in [0.15, 0.2) is 0 Å². The first-order valence-corrected chi connectivity index (χ1v) is 8.81. The molecule has 0 aliphatic heterocycles. The lowest BCUT2D eigenvalue weighted by Crippen LogP contribution is -2.21. The van der Waals surface area contributed by atoms with Gasteiger partial charge in [-0.05, 0) is 38.5 Å². The van der Waals surface area contributed by atoms with Gasteiger partial charge in [0, 0.05) is 35.6 Å². The molecule has 0 saturated heterocycles. The van der Waals surface area contributed by atoms with Crippen molar-refractivity contribution in [3.05, 3.63) is 45.1 Å². The second-order valence-corrected chi connectivity index (χ2v) is 6.26. The summed E-state index contributed by atoms with van der Waals surface area (Å²) < 4.78 is 5.55. The number of anilines is 1. The number of hydrogen-bond donors (Lipinski definition) is 0. The van der Waals surface area contributed by atoms with Gasteiger partial charge in [-0.2, -0.15) is 0 Å². The Balaban J connectivity index is 2.08. The summed E-state index contributed by atoms with van der Waals surface area (Å²) in [5, 5.41) is 3.86. The first kappa shape index (κ1) is 15.7. The summed E-state index contributed by atoms with van der Waals surface area (Å²) in [5.41, 5.74) is 2.59. The van der Waals surface area contributed by atoms with Gasteiger partial charge in [-0.25, -0.2) is 9.78 Å². The second-order valence-electron chi connectivity index (χ2n) is 5.32. The van der Waals surface area contributed by atoms with Crippen LogP contribution in [0.2, 0.25) is 0 Å². The van der Waals surface area contributed by atoms with Crippen molar-refractivity contribution in [2.75, 3.05) is 18.0 Å². The molecule has 0 spiro atoms. The Morgan fingerprint density at radius 1 is 1.17 bits per heavy atom. The topological polar surface area (TPSA) is 46.3 Å². The number of aryl methyl sites for hydroxylation is 1. The van der Waals surface area contributed by atoms with Crippen molar-refractivity contribution >= 4 is 28.0 Å². The van der Waals surface area contributed by atoms with Gasteiger partial charge >= 0.3 is 5.63 Å². The molecular weight excluding hydrogens is 308 g/mol. The monoisotopic (exact) mass is 328 g/mol. The molecule has 5 heteroatoms. The molecule has 0 atom stereocenters. The molecule has 23 heavy (non-hydrogen) atoms. The lowest BCUT2D eigenvalue weighted by Gasteiger charge is -2.20. The molecule has 0 saturated carbocycles. The summed E-state index contributed by atoms with van der Waals surface area (Å²) >= 11 is 1.57. The number of fused-ring (bicyclic) bond motifs is 1. The summed E-state index contributed by atoms with van der Waals surface area (Å²) in [7, 11) is 0. The lowest BCUT2D eigenvalue weighted by atomic mass is 10.1. The van der Waals surface area contributed by atoms with E-state index in [1.165, 1.54) is 0 Å². The molecule has 2 heterocycles. The van der Waals surface area contributed by atoms with Crippen molar-refractivity contribution in [2.45, 2.75) is 27.2 Å². The van der Waals surface area contributed by atoms with E-state index in [0.29, 0.717) is 16.8 Å². The van der Waals surface area contributed by atoms with Gasteiger partial charge in [0.25, 0.3) is 0 Å². The lowest BCUT2D eigenvalue weighted by molar-refractivity contribution is 0.563. The van der Waals surface area contributed by atoms with E-state index < -0.39 is 0 Å². The van der Waals surface area contributed by atoms with Crippen molar-refractivity contribution in [3.63, 3.8) is 0 Å². The minimum Gasteiger partial charge on any atom is -0.422 e. The molecule has 0 unspecified atom stereocenters. The highest BCUT2D eigenvalue weighted by atomic mass is 32.1. The van der Waals surface area contributed by atoms with Crippen molar-refractivity contribution in [3.8, 4) is 11.3 Å². The van der Waals surface area contributed by atoms with Crippen LogP contribution in [0.15, 0.2) is 38.9 Å². The van der Waals surface area contributed by atoms with Gasteiger partial charge < -0.3 is 9.32 Å². The van der Waals surface area contributed by atoms with E-state index in [-0.39, 0.29) is 5.63 Å². The maximum absolute atomic E-state index is 12.3. The SMILES string of the molecule is CCc1nc(-c2cc3ccc(N(CC)CC)cc3oc2=O)cs1. The van der Waals surface area contributed by atoms with E-state index in [2.05, 4.69) is 36.7 Å². The molecule has 3 rings (SSSR count). The molecule has 0 bridgehead atoms. The molecule has 0 amide bonds. The van der Waals surface area contributed by atoms with E-state index in [1.54, 1.807) is 11.3 Å². The van der Waals surface area contributed by atoms with Gasteiger partial charge in [0.05, 0.1) is 16.3 Å². The summed E-state index contributed by atoms with van der Waals surface area (Å²) in [6.07, 6.45) is 0.872. The second kappa shape index (κ2) is 6.54. The number of benzene rings is 1. The minimum atomic E-state index is -0.331. The van der Waals surface area contributed by atoms with Crippen LogP contribution in [0.1, 0.15) is 25.8 Å². The number of thiazole rings is 1. The molecule has 0 N–H and O–H groups in total. The van der Waals surface area contributed by atoms with E-state index in [0.717, 1.165) is 35.6 Å². The average Bonchev–Trinajstić information content (AvgIpc) is 3.04. The largest absolute Gasteiger partial charge is 0.422 e. The van der Waals surface area contributed by atoms with E-state index in [4.69, 9.17) is 4.42 Å². The van der Waals surface area contributed by atoms with Crippen LogP contribution in [0.5, 0.6) is 0 Å². The van der Waals surface area contributed by atoms with Gasteiger partial charge in [-0.15, -0.1) is 11.3 Å². The quantitative estimate of drug-likeness (QED) is 0.654. The van der Waals surface area contributed by atoms with Crippen LogP contribution >= 0.6 is 11.3 Å². The molecule has 0 fully saturated rings. The van der Waals surface area contributed by atoms with Crippen LogP contribution in [0.4, 0.5) is 5.69 Å². The van der Waals surface area contributed by atoms with Crippen molar-refractivity contribution < 1.29 is 4.42 Å². The fourth-order valence-corrected chi connectivity index (χ4v) is 3.41. The molecule has 1 aromatic carbocycles. The standard InChI is InChI=1S/C18H20N2O2S/c1-4-17-19-15(11-23-17)14-9-12-7-8-13(20(5-2)6-3)10-16(12)22-18(14)21/h7-11H,4-6H2,1-3H3. The zero-order chi connectivity index (χ0) is 16.4. The zero-order valence-electron chi connectivity index (χ0n) is 13.6. The Labute approximate surface area is 139 Å². The predicted molar refractivity (Wildman–Crippen MR) is 96.5 cm³/mol. The van der Waals surface area contributed by atoms with E-state index >= 15 is 0 Å². The van der Waals surface area contributed by atoms with Crippen LogP contribution in [-0.2, 0) is 6.42 Å². The number of hydrogen-bond acceptors (Lipinski definition) is 5. The molecule has 120 valence electrons. The van der Waals surface area contributed by atoms with Crippen molar-refractivity contribution in [1.82, 2.24) is 4.98 Å². The highest BCUT2D eigenvalue weighted by molar-refractivity contribution is 7.09. The third-order valence-electron chi connectivity index (χ3n) is 3.98. The first-order valence-electron chi connectivity index (χ1n) is 7.93. The predicted octanol–water partition coefficient (Wildman–Crippen LogP) is 4.33. The Hall–Kier alpha value is -2.14. The Kier molecular flexibility index (Phi) is 4.48. The average molecular weight is 328 g/mol. The summed E-state index contributed by atoms with van der Waals surface area (Å²) in [4.78, 5) is 19.0. The zero-order valence-corrected chi connectivity index (χ0v) is 14.4. The number of aromatic nitrogens is 1. The molecule has 0 aliphatic carbocycles. The van der Waals surface area contributed by atoms with Gasteiger partial charge in [0.1, 0.15) is 5.58 Å². The summed E-state index contributed by atoms with van der Waals surface area (Å²) in [6.45, 7) is 8.12. The van der Waals surface area contributed by atoms with Crippen LogP contribution in [0, 0.1) is 0 Å².